The maximum atomic E-state index is 10.4. The second kappa shape index (κ2) is 10.2. The third kappa shape index (κ3) is 5.04. The minimum atomic E-state index is -1.39. The van der Waals surface area contributed by atoms with Crippen LogP contribution in [0.25, 0.3) is 0 Å². The largest absolute Gasteiger partial charge is 0.394 e. The second-order valence-corrected chi connectivity index (χ2v) is 10.9. The molecule has 6 nitrogen and oxygen atoms in total. The van der Waals surface area contributed by atoms with E-state index in [1.54, 1.807) is 0 Å². The van der Waals surface area contributed by atoms with E-state index in [-0.39, 0.29) is 11.5 Å². The zero-order valence-electron chi connectivity index (χ0n) is 19.9. The van der Waals surface area contributed by atoms with Crippen molar-refractivity contribution in [2.45, 2.75) is 104 Å². The molecule has 0 bridgehead atoms. The lowest BCUT2D eigenvalue weighted by atomic mass is 9.61. The van der Waals surface area contributed by atoms with E-state index >= 15 is 0 Å². The van der Waals surface area contributed by atoms with Gasteiger partial charge in [0, 0.05) is 0 Å². The number of aliphatic hydroxyl groups is 4. The molecule has 3 aliphatic rings. The van der Waals surface area contributed by atoms with Crippen LogP contribution in [0.3, 0.4) is 0 Å². The highest BCUT2D eigenvalue weighted by molar-refractivity contribution is 5.06. The molecule has 0 aromatic carbocycles. The molecule has 180 valence electrons. The lowest BCUT2D eigenvalue weighted by Gasteiger charge is -2.48. The summed E-state index contributed by atoms with van der Waals surface area (Å²) in [5, 5.41) is 40.0. The van der Waals surface area contributed by atoms with Crippen molar-refractivity contribution in [3.05, 3.63) is 12.2 Å². The topological polar surface area (TPSA) is 99.4 Å². The van der Waals surface area contributed by atoms with Gasteiger partial charge < -0.3 is 29.9 Å². The summed E-state index contributed by atoms with van der Waals surface area (Å²) < 4.78 is 11.9. The monoisotopic (exact) mass is 440 g/mol. The van der Waals surface area contributed by atoms with Crippen molar-refractivity contribution in [2.75, 3.05) is 6.61 Å². The van der Waals surface area contributed by atoms with Crippen LogP contribution in [0.2, 0.25) is 0 Å². The second-order valence-electron chi connectivity index (χ2n) is 10.9. The average molecular weight is 441 g/mol. The molecular formula is C25H44O6. The van der Waals surface area contributed by atoms with E-state index in [4.69, 9.17) is 9.47 Å². The molecule has 11 atom stereocenters. The van der Waals surface area contributed by atoms with Crippen LogP contribution in [0.5, 0.6) is 0 Å². The Kier molecular flexibility index (Phi) is 8.26. The first-order valence-electron chi connectivity index (χ1n) is 12.2. The zero-order chi connectivity index (χ0) is 22.9. The van der Waals surface area contributed by atoms with Crippen molar-refractivity contribution in [2.24, 2.45) is 35.0 Å². The first-order valence-corrected chi connectivity index (χ1v) is 12.2. The highest BCUT2D eigenvalue weighted by Crippen LogP contribution is 2.58. The molecule has 3 rings (SSSR count). The lowest BCUT2D eigenvalue weighted by Crippen LogP contribution is -2.60. The van der Waals surface area contributed by atoms with Gasteiger partial charge in [-0.2, -0.15) is 0 Å². The van der Waals surface area contributed by atoms with Gasteiger partial charge in [-0.25, -0.2) is 0 Å². The van der Waals surface area contributed by atoms with Gasteiger partial charge in [0.25, 0.3) is 0 Å². The van der Waals surface area contributed by atoms with E-state index in [2.05, 4.69) is 46.8 Å². The van der Waals surface area contributed by atoms with Crippen molar-refractivity contribution in [1.82, 2.24) is 0 Å². The molecule has 2 aliphatic carbocycles. The van der Waals surface area contributed by atoms with Gasteiger partial charge in [0.15, 0.2) is 6.29 Å². The highest BCUT2D eigenvalue weighted by Gasteiger charge is 2.54. The summed E-state index contributed by atoms with van der Waals surface area (Å²) in [4.78, 5) is 0. The minimum Gasteiger partial charge on any atom is -0.394 e. The van der Waals surface area contributed by atoms with Crippen LogP contribution in [0.1, 0.15) is 66.7 Å². The summed E-state index contributed by atoms with van der Waals surface area (Å²) in [6.07, 6.45) is 4.06. The fourth-order valence-corrected chi connectivity index (χ4v) is 6.25. The molecular weight excluding hydrogens is 396 g/mol. The van der Waals surface area contributed by atoms with Crippen LogP contribution in [0.4, 0.5) is 0 Å². The number of aliphatic hydroxyl groups excluding tert-OH is 4. The Bertz CT molecular complexity index is 607. The van der Waals surface area contributed by atoms with Gasteiger partial charge in [-0.05, 0) is 60.7 Å². The van der Waals surface area contributed by atoms with Gasteiger partial charge in [-0.1, -0.05) is 53.2 Å². The highest BCUT2D eigenvalue weighted by atomic mass is 16.7. The molecule has 1 aliphatic heterocycles. The van der Waals surface area contributed by atoms with Crippen molar-refractivity contribution in [1.29, 1.82) is 0 Å². The number of hydrogen-bond donors (Lipinski definition) is 4. The van der Waals surface area contributed by atoms with Gasteiger partial charge in [-0.15, -0.1) is 0 Å². The number of hydrogen-bond acceptors (Lipinski definition) is 6. The Morgan fingerprint density at radius 1 is 1.00 bits per heavy atom. The Balaban J connectivity index is 1.69. The molecule has 0 aromatic heterocycles. The maximum absolute atomic E-state index is 10.4. The molecule has 0 amide bonds. The fourth-order valence-electron chi connectivity index (χ4n) is 6.25. The van der Waals surface area contributed by atoms with E-state index in [9.17, 15) is 20.4 Å². The summed E-state index contributed by atoms with van der Waals surface area (Å²) in [6.45, 7) is 11.1. The molecule has 6 heteroatoms. The normalized spacial score (nSPS) is 45.7. The van der Waals surface area contributed by atoms with Crippen LogP contribution in [0, 0.1) is 35.0 Å². The maximum Gasteiger partial charge on any atom is 0.186 e. The van der Waals surface area contributed by atoms with E-state index in [1.165, 1.54) is 6.42 Å². The van der Waals surface area contributed by atoms with Crippen LogP contribution < -0.4 is 0 Å². The molecule has 0 spiro atoms. The number of fused-ring (bicyclic) bond motifs is 1. The number of ether oxygens (including phenoxy) is 2. The molecule has 2 saturated carbocycles. The summed E-state index contributed by atoms with van der Waals surface area (Å²) >= 11 is 0. The summed E-state index contributed by atoms with van der Waals surface area (Å²) in [7, 11) is 0. The molecule has 0 radical (unpaired) electrons. The molecule has 4 N–H and O–H groups in total. The predicted molar refractivity (Wildman–Crippen MR) is 119 cm³/mol. The number of allylic oxidation sites excluding steroid dienone is 2. The van der Waals surface area contributed by atoms with Crippen molar-refractivity contribution in [3.63, 3.8) is 0 Å². The van der Waals surface area contributed by atoms with Crippen LogP contribution in [0.15, 0.2) is 12.2 Å². The van der Waals surface area contributed by atoms with Gasteiger partial charge >= 0.3 is 0 Å². The summed E-state index contributed by atoms with van der Waals surface area (Å²) in [6, 6.07) is 0. The van der Waals surface area contributed by atoms with Gasteiger partial charge in [0.1, 0.15) is 24.4 Å². The molecule has 3 fully saturated rings. The molecule has 1 heterocycles. The average Bonchev–Trinajstić information content (AvgIpc) is 3.09. The standard InChI is InChI=1S/C25H44O6/c1-14(2)15(3)8-9-16(4)17-10-11-18-19(7-6-12-25(17,18)5)30-24-23(29)22(28)21(27)20(13-26)31-24/h8-9,14-24,26-29H,6-7,10-13H2,1-5H3/b9-8+/t15-,16+,17+,18?,19?,20?,21?,22?,23?,24?,25+/m0/s1. The van der Waals surface area contributed by atoms with Crippen LogP contribution in [-0.4, -0.2) is 63.8 Å². The Morgan fingerprint density at radius 2 is 1.71 bits per heavy atom. The molecule has 31 heavy (non-hydrogen) atoms. The fraction of sp³-hybridized carbons (Fsp3) is 0.920. The first kappa shape index (κ1) is 25.1. The third-order valence-electron chi connectivity index (χ3n) is 8.70. The van der Waals surface area contributed by atoms with Crippen LogP contribution in [-0.2, 0) is 9.47 Å². The van der Waals surface area contributed by atoms with E-state index < -0.39 is 37.3 Å². The van der Waals surface area contributed by atoms with Gasteiger partial charge in [0.2, 0.25) is 0 Å². The Hall–Kier alpha value is -0.500. The Labute approximate surface area is 187 Å². The van der Waals surface area contributed by atoms with E-state index in [0.717, 1.165) is 25.7 Å². The van der Waals surface area contributed by atoms with Crippen molar-refractivity contribution in [3.8, 4) is 0 Å². The lowest BCUT2D eigenvalue weighted by molar-refractivity contribution is -0.319. The van der Waals surface area contributed by atoms with Crippen molar-refractivity contribution < 1.29 is 29.9 Å². The predicted octanol–water partition coefficient (Wildman–Crippen LogP) is 2.87. The summed E-state index contributed by atoms with van der Waals surface area (Å²) in [5.41, 5.74) is 0.169. The third-order valence-corrected chi connectivity index (χ3v) is 8.70. The van der Waals surface area contributed by atoms with Crippen LogP contribution >= 0.6 is 0 Å². The van der Waals surface area contributed by atoms with Crippen molar-refractivity contribution >= 4 is 0 Å². The molecule has 7 unspecified atom stereocenters. The SMILES string of the molecule is CC(C)[C@@H](C)/C=C/[C@@H](C)[C@H]1CCC2C(OC3OC(CO)C(O)C(O)C3O)CCC[C@@]21C. The van der Waals surface area contributed by atoms with Gasteiger partial charge in [0.05, 0.1) is 12.7 Å². The van der Waals surface area contributed by atoms with E-state index in [1.807, 2.05) is 0 Å². The van der Waals surface area contributed by atoms with E-state index in [0.29, 0.717) is 29.6 Å². The van der Waals surface area contributed by atoms with Gasteiger partial charge in [-0.3, -0.25) is 0 Å². The zero-order valence-corrected chi connectivity index (χ0v) is 19.9. The Morgan fingerprint density at radius 3 is 2.35 bits per heavy atom. The molecule has 0 aromatic rings. The quantitative estimate of drug-likeness (QED) is 0.454. The smallest absolute Gasteiger partial charge is 0.186 e. The number of rotatable bonds is 7. The molecule has 1 saturated heterocycles. The summed E-state index contributed by atoms with van der Waals surface area (Å²) in [5.74, 6) is 2.68. The minimum absolute atomic E-state index is 0.0593. The first-order chi connectivity index (χ1) is 14.6.